The third-order valence-corrected chi connectivity index (χ3v) is 3.75. The van der Waals surface area contributed by atoms with Crippen LogP contribution in [0, 0.1) is 6.92 Å². The molecule has 4 nitrogen and oxygen atoms in total. The number of nitrogens with zero attached hydrogens (tertiary/aromatic N) is 1. The van der Waals surface area contributed by atoms with Crippen LogP contribution < -0.4 is 5.32 Å². The molecular formula is C13H22N2O2S. The summed E-state index contributed by atoms with van der Waals surface area (Å²) in [4.78, 5) is 16.2. The molecule has 0 aliphatic carbocycles. The maximum absolute atomic E-state index is 11.8. The first-order valence-corrected chi connectivity index (χ1v) is 7.31. The SMILES string of the molecule is CCCC(NC(C)c1nc(C)cs1)C(=O)OCC. The fourth-order valence-corrected chi connectivity index (χ4v) is 2.56. The molecule has 102 valence electrons. The van der Waals surface area contributed by atoms with Gasteiger partial charge in [0.2, 0.25) is 0 Å². The molecule has 0 saturated carbocycles. The Hall–Kier alpha value is -0.940. The van der Waals surface area contributed by atoms with Gasteiger partial charge < -0.3 is 4.74 Å². The van der Waals surface area contributed by atoms with E-state index in [0.29, 0.717) is 6.61 Å². The quantitative estimate of drug-likeness (QED) is 0.774. The van der Waals surface area contributed by atoms with Crippen molar-refractivity contribution in [3.05, 3.63) is 16.1 Å². The number of carbonyl (C=O) groups is 1. The maximum atomic E-state index is 11.8. The van der Waals surface area contributed by atoms with Crippen LogP contribution in [0.4, 0.5) is 0 Å². The summed E-state index contributed by atoms with van der Waals surface area (Å²) in [7, 11) is 0. The second kappa shape index (κ2) is 7.48. The highest BCUT2D eigenvalue weighted by molar-refractivity contribution is 7.09. The largest absolute Gasteiger partial charge is 0.465 e. The normalized spacial score (nSPS) is 14.2. The highest BCUT2D eigenvalue weighted by Gasteiger charge is 2.22. The van der Waals surface area contributed by atoms with Crippen molar-refractivity contribution in [3.8, 4) is 0 Å². The van der Waals surface area contributed by atoms with Crippen molar-refractivity contribution in [2.75, 3.05) is 6.61 Å². The molecule has 0 fully saturated rings. The van der Waals surface area contributed by atoms with E-state index in [9.17, 15) is 4.79 Å². The van der Waals surface area contributed by atoms with Crippen molar-refractivity contribution in [1.82, 2.24) is 10.3 Å². The third kappa shape index (κ3) is 4.38. The Morgan fingerprint density at radius 2 is 2.28 bits per heavy atom. The first-order chi connectivity index (χ1) is 8.58. The Labute approximate surface area is 113 Å². The molecule has 1 rings (SSSR count). The lowest BCUT2D eigenvalue weighted by molar-refractivity contribution is -0.146. The number of hydrogen-bond donors (Lipinski definition) is 1. The van der Waals surface area contributed by atoms with Crippen LogP contribution in [0.2, 0.25) is 0 Å². The number of aryl methyl sites for hydroxylation is 1. The van der Waals surface area contributed by atoms with Crippen molar-refractivity contribution in [2.24, 2.45) is 0 Å². The number of carbonyl (C=O) groups excluding carboxylic acids is 1. The summed E-state index contributed by atoms with van der Waals surface area (Å²) in [5.74, 6) is -0.167. The molecule has 0 aliphatic heterocycles. The van der Waals surface area contributed by atoms with Crippen molar-refractivity contribution in [1.29, 1.82) is 0 Å². The molecule has 0 saturated heterocycles. The van der Waals surface area contributed by atoms with Crippen LogP contribution in [0.1, 0.15) is 50.4 Å². The van der Waals surface area contributed by atoms with Gasteiger partial charge in [-0.25, -0.2) is 4.98 Å². The zero-order chi connectivity index (χ0) is 13.5. The van der Waals surface area contributed by atoms with Gasteiger partial charge in [-0.05, 0) is 27.2 Å². The van der Waals surface area contributed by atoms with Crippen LogP contribution in [0.5, 0.6) is 0 Å². The zero-order valence-electron chi connectivity index (χ0n) is 11.5. The number of rotatable bonds is 7. The molecule has 0 spiro atoms. The van der Waals surface area contributed by atoms with Crippen molar-refractivity contribution in [2.45, 2.75) is 52.6 Å². The van der Waals surface area contributed by atoms with Gasteiger partial charge in [0.25, 0.3) is 0 Å². The average Bonchev–Trinajstić information content (AvgIpc) is 2.75. The van der Waals surface area contributed by atoms with Gasteiger partial charge in [0, 0.05) is 11.1 Å². The molecule has 0 aromatic carbocycles. The number of hydrogen-bond acceptors (Lipinski definition) is 5. The van der Waals surface area contributed by atoms with Gasteiger partial charge in [-0.3, -0.25) is 10.1 Å². The van der Waals surface area contributed by atoms with Crippen LogP contribution in [0.15, 0.2) is 5.38 Å². The first-order valence-electron chi connectivity index (χ1n) is 6.43. The van der Waals surface area contributed by atoms with E-state index in [1.54, 1.807) is 11.3 Å². The number of ether oxygens (including phenoxy) is 1. The predicted octanol–water partition coefficient (Wildman–Crippen LogP) is 2.83. The average molecular weight is 270 g/mol. The molecule has 2 unspecified atom stereocenters. The van der Waals surface area contributed by atoms with E-state index in [1.807, 2.05) is 26.2 Å². The van der Waals surface area contributed by atoms with Gasteiger partial charge in [-0.2, -0.15) is 0 Å². The minimum atomic E-state index is -0.242. The van der Waals surface area contributed by atoms with Crippen molar-refractivity contribution in [3.63, 3.8) is 0 Å². The molecule has 1 aromatic rings. The molecular weight excluding hydrogens is 248 g/mol. The molecule has 18 heavy (non-hydrogen) atoms. The monoisotopic (exact) mass is 270 g/mol. The lowest BCUT2D eigenvalue weighted by atomic mass is 10.1. The van der Waals surface area contributed by atoms with Gasteiger partial charge in [0.15, 0.2) is 0 Å². The smallest absolute Gasteiger partial charge is 0.323 e. The van der Waals surface area contributed by atoms with Crippen LogP contribution in [0.3, 0.4) is 0 Å². The van der Waals surface area contributed by atoms with E-state index >= 15 is 0 Å². The Kier molecular flexibility index (Phi) is 6.29. The molecule has 1 heterocycles. The van der Waals surface area contributed by atoms with Gasteiger partial charge in [0.05, 0.1) is 12.6 Å². The molecule has 0 aliphatic rings. The molecule has 2 atom stereocenters. The maximum Gasteiger partial charge on any atom is 0.323 e. The van der Waals surface area contributed by atoms with Gasteiger partial charge >= 0.3 is 5.97 Å². The number of esters is 1. The van der Waals surface area contributed by atoms with E-state index in [0.717, 1.165) is 23.5 Å². The minimum Gasteiger partial charge on any atom is -0.465 e. The standard InChI is InChI=1S/C13H22N2O2S/c1-5-7-11(13(16)17-6-2)15-10(4)12-14-9(3)8-18-12/h8,10-11,15H,5-7H2,1-4H3. The highest BCUT2D eigenvalue weighted by Crippen LogP contribution is 2.18. The van der Waals surface area contributed by atoms with Crippen molar-refractivity contribution >= 4 is 17.3 Å². The van der Waals surface area contributed by atoms with Crippen LogP contribution in [0.25, 0.3) is 0 Å². The lowest BCUT2D eigenvalue weighted by Gasteiger charge is -2.20. The molecule has 1 aromatic heterocycles. The molecule has 5 heteroatoms. The molecule has 0 amide bonds. The third-order valence-electron chi connectivity index (χ3n) is 2.61. The van der Waals surface area contributed by atoms with E-state index in [2.05, 4.69) is 17.2 Å². The second-order valence-electron chi connectivity index (χ2n) is 4.31. The zero-order valence-corrected chi connectivity index (χ0v) is 12.3. The van der Waals surface area contributed by atoms with Crippen molar-refractivity contribution < 1.29 is 9.53 Å². The van der Waals surface area contributed by atoms with Gasteiger partial charge in [0.1, 0.15) is 11.0 Å². The van der Waals surface area contributed by atoms with Crippen LogP contribution in [-0.2, 0) is 9.53 Å². The summed E-state index contributed by atoms with van der Waals surface area (Å²) in [6.45, 7) is 8.31. The Balaban J connectivity index is 2.62. The fraction of sp³-hybridized carbons (Fsp3) is 0.692. The number of nitrogens with one attached hydrogen (secondary N) is 1. The van der Waals surface area contributed by atoms with E-state index in [1.165, 1.54) is 0 Å². The summed E-state index contributed by atoms with van der Waals surface area (Å²) >= 11 is 1.62. The molecule has 0 radical (unpaired) electrons. The van der Waals surface area contributed by atoms with Crippen LogP contribution >= 0.6 is 11.3 Å². The summed E-state index contributed by atoms with van der Waals surface area (Å²) in [6, 6.07) is -0.168. The molecule has 1 N–H and O–H groups in total. The Bertz CT molecular complexity index is 379. The predicted molar refractivity (Wildman–Crippen MR) is 73.7 cm³/mol. The highest BCUT2D eigenvalue weighted by atomic mass is 32.1. The first kappa shape index (κ1) is 15.1. The topological polar surface area (TPSA) is 51.2 Å². The Morgan fingerprint density at radius 1 is 1.56 bits per heavy atom. The molecule has 0 bridgehead atoms. The fourth-order valence-electron chi connectivity index (χ4n) is 1.74. The summed E-state index contributed by atoms with van der Waals surface area (Å²) in [6.07, 6.45) is 1.73. The van der Waals surface area contributed by atoms with Gasteiger partial charge in [-0.15, -0.1) is 11.3 Å². The summed E-state index contributed by atoms with van der Waals surface area (Å²) in [5, 5.41) is 6.34. The minimum absolute atomic E-state index is 0.0738. The van der Waals surface area contributed by atoms with Crippen LogP contribution in [-0.4, -0.2) is 23.6 Å². The van der Waals surface area contributed by atoms with E-state index < -0.39 is 0 Å². The second-order valence-corrected chi connectivity index (χ2v) is 5.20. The van der Waals surface area contributed by atoms with E-state index in [4.69, 9.17) is 4.74 Å². The van der Waals surface area contributed by atoms with E-state index in [-0.39, 0.29) is 18.1 Å². The summed E-state index contributed by atoms with van der Waals surface area (Å²) in [5.41, 5.74) is 1.02. The Morgan fingerprint density at radius 3 is 2.78 bits per heavy atom. The number of thiazole rings is 1. The summed E-state index contributed by atoms with van der Waals surface area (Å²) < 4.78 is 5.08. The lowest BCUT2D eigenvalue weighted by Crippen LogP contribution is -2.39. The van der Waals surface area contributed by atoms with Gasteiger partial charge in [-0.1, -0.05) is 13.3 Å². The number of aromatic nitrogens is 1.